The summed E-state index contributed by atoms with van der Waals surface area (Å²) in [6.07, 6.45) is 7.65. The molecule has 7 heteroatoms. The third kappa shape index (κ3) is 3.23. The van der Waals surface area contributed by atoms with Crippen molar-refractivity contribution >= 4 is 27.9 Å². The number of nitrogens with zero attached hydrogens (tertiary/aromatic N) is 5. The predicted octanol–water partition coefficient (Wildman–Crippen LogP) is 3.74. The van der Waals surface area contributed by atoms with Gasteiger partial charge in [0.05, 0.1) is 5.52 Å². The fourth-order valence-corrected chi connectivity index (χ4v) is 4.35. The Morgan fingerprint density at radius 3 is 2.82 bits per heavy atom. The molecule has 0 amide bonds. The van der Waals surface area contributed by atoms with Crippen molar-refractivity contribution in [3.05, 3.63) is 54.3 Å². The van der Waals surface area contributed by atoms with Gasteiger partial charge in [0.2, 0.25) is 0 Å². The van der Waals surface area contributed by atoms with Gasteiger partial charge in [-0.05, 0) is 43.2 Å². The first-order valence-electron chi connectivity index (χ1n) is 9.40. The van der Waals surface area contributed by atoms with Crippen molar-refractivity contribution in [3.8, 4) is 22.1 Å². The lowest BCUT2D eigenvalue weighted by Gasteiger charge is -2.33. The summed E-state index contributed by atoms with van der Waals surface area (Å²) in [7, 11) is 0. The second-order valence-electron chi connectivity index (χ2n) is 7.01. The van der Waals surface area contributed by atoms with E-state index in [-0.39, 0.29) is 6.04 Å². The summed E-state index contributed by atoms with van der Waals surface area (Å²) < 4.78 is 0. The van der Waals surface area contributed by atoms with E-state index in [1.54, 1.807) is 23.7 Å². The van der Waals surface area contributed by atoms with E-state index in [1.165, 1.54) is 5.69 Å². The maximum absolute atomic E-state index is 6.21. The van der Waals surface area contributed by atoms with Crippen LogP contribution in [0.2, 0.25) is 0 Å². The minimum atomic E-state index is 0.221. The quantitative estimate of drug-likeness (QED) is 0.576. The Morgan fingerprint density at radius 2 is 1.96 bits per heavy atom. The van der Waals surface area contributed by atoms with Gasteiger partial charge in [0.25, 0.3) is 0 Å². The molecule has 0 saturated carbocycles. The zero-order valence-corrected chi connectivity index (χ0v) is 16.1. The maximum atomic E-state index is 6.21. The van der Waals surface area contributed by atoms with Gasteiger partial charge in [0, 0.05) is 59.7 Å². The second-order valence-corrected chi connectivity index (χ2v) is 7.91. The van der Waals surface area contributed by atoms with E-state index in [9.17, 15) is 0 Å². The molecule has 1 aliphatic rings. The Morgan fingerprint density at radius 1 is 1.04 bits per heavy atom. The Bertz CT molecular complexity index is 1110. The van der Waals surface area contributed by atoms with E-state index in [1.807, 2.05) is 29.8 Å². The van der Waals surface area contributed by atoms with Crippen LogP contribution in [0.15, 0.2) is 54.3 Å². The summed E-state index contributed by atoms with van der Waals surface area (Å²) in [5.74, 6) is 0.694. The molecule has 3 aromatic heterocycles. The molecule has 6 nitrogen and oxygen atoms in total. The SMILES string of the molecule is NC1CCCN(c2ccnc3ccc(-c4nccc(-c5nccs5)n4)cc23)C1. The fraction of sp³-hybridized carbons (Fsp3) is 0.238. The van der Waals surface area contributed by atoms with E-state index < -0.39 is 0 Å². The molecule has 4 heterocycles. The second kappa shape index (κ2) is 7.26. The van der Waals surface area contributed by atoms with Crippen LogP contribution in [0.3, 0.4) is 0 Å². The van der Waals surface area contributed by atoms with Crippen LogP contribution in [-0.2, 0) is 0 Å². The summed E-state index contributed by atoms with van der Waals surface area (Å²) >= 11 is 1.57. The fourth-order valence-electron chi connectivity index (χ4n) is 3.74. The van der Waals surface area contributed by atoms with Crippen LogP contribution < -0.4 is 10.6 Å². The van der Waals surface area contributed by atoms with Gasteiger partial charge >= 0.3 is 0 Å². The summed E-state index contributed by atoms with van der Waals surface area (Å²) in [6.45, 7) is 1.90. The van der Waals surface area contributed by atoms with Crippen molar-refractivity contribution in [1.29, 1.82) is 0 Å². The lowest BCUT2D eigenvalue weighted by Crippen LogP contribution is -2.42. The molecule has 5 rings (SSSR count). The molecule has 1 aromatic carbocycles. The number of benzene rings is 1. The van der Waals surface area contributed by atoms with Crippen molar-refractivity contribution in [1.82, 2.24) is 19.9 Å². The number of rotatable bonds is 3. The average molecular weight is 389 g/mol. The van der Waals surface area contributed by atoms with Crippen LogP contribution in [0, 0.1) is 0 Å². The number of nitrogens with two attached hydrogens (primary N) is 1. The van der Waals surface area contributed by atoms with E-state index in [4.69, 9.17) is 10.7 Å². The van der Waals surface area contributed by atoms with Crippen LogP contribution >= 0.6 is 11.3 Å². The van der Waals surface area contributed by atoms with Crippen LogP contribution in [0.25, 0.3) is 33.0 Å². The summed E-state index contributed by atoms with van der Waals surface area (Å²) in [6, 6.07) is 10.4. The summed E-state index contributed by atoms with van der Waals surface area (Å²) in [5.41, 5.74) is 10.2. The zero-order valence-electron chi connectivity index (χ0n) is 15.3. The topological polar surface area (TPSA) is 80.8 Å². The molecule has 1 unspecified atom stereocenters. The standard InChI is InChI=1S/C21H20N6S/c22-15-2-1-10-27(13-15)19-6-8-23-17-4-3-14(12-16(17)19)20-24-7-5-18(26-20)21-25-9-11-28-21/h3-9,11-12,15H,1-2,10,13,22H2. The van der Waals surface area contributed by atoms with Crippen molar-refractivity contribution in [2.75, 3.05) is 18.0 Å². The first-order chi connectivity index (χ1) is 13.8. The predicted molar refractivity (Wildman–Crippen MR) is 113 cm³/mol. The molecule has 0 aliphatic carbocycles. The molecular weight excluding hydrogens is 368 g/mol. The van der Waals surface area contributed by atoms with Gasteiger partial charge < -0.3 is 10.6 Å². The van der Waals surface area contributed by atoms with E-state index in [0.29, 0.717) is 5.82 Å². The van der Waals surface area contributed by atoms with E-state index in [2.05, 4.69) is 32.0 Å². The molecule has 2 N–H and O–H groups in total. The highest BCUT2D eigenvalue weighted by Gasteiger charge is 2.19. The molecule has 1 aliphatic heterocycles. The molecule has 28 heavy (non-hydrogen) atoms. The number of fused-ring (bicyclic) bond motifs is 1. The van der Waals surface area contributed by atoms with Gasteiger partial charge in [0.1, 0.15) is 10.7 Å². The highest BCUT2D eigenvalue weighted by molar-refractivity contribution is 7.13. The smallest absolute Gasteiger partial charge is 0.159 e. The maximum Gasteiger partial charge on any atom is 0.159 e. The molecule has 1 fully saturated rings. The molecule has 1 atom stereocenters. The van der Waals surface area contributed by atoms with Gasteiger partial charge in [-0.1, -0.05) is 0 Å². The molecule has 140 valence electrons. The lowest BCUT2D eigenvalue weighted by atomic mass is 10.0. The minimum absolute atomic E-state index is 0.221. The first-order valence-corrected chi connectivity index (χ1v) is 10.3. The summed E-state index contributed by atoms with van der Waals surface area (Å²) in [4.78, 5) is 20.5. The monoisotopic (exact) mass is 388 g/mol. The normalized spacial score (nSPS) is 17.2. The number of thiazole rings is 1. The van der Waals surface area contributed by atoms with Gasteiger partial charge in [-0.2, -0.15) is 0 Å². The van der Waals surface area contributed by atoms with E-state index >= 15 is 0 Å². The van der Waals surface area contributed by atoms with Gasteiger partial charge in [-0.3, -0.25) is 4.98 Å². The number of hydrogen-bond donors (Lipinski definition) is 1. The largest absolute Gasteiger partial charge is 0.369 e. The Kier molecular flexibility index (Phi) is 4.46. The first kappa shape index (κ1) is 17.2. The van der Waals surface area contributed by atoms with Crippen molar-refractivity contribution in [2.24, 2.45) is 5.73 Å². The van der Waals surface area contributed by atoms with Crippen LogP contribution in [0.1, 0.15) is 12.8 Å². The summed E-state index contributed by atoms with van der Waals surface area (Å²) in [5, 5.41) is 3.96. The van der Waals surface area contributed by atoms with E-state index in [0.717, 1.165) is 53.1 Å². The van der Waals surface area contributed by atoms with Gasteiger partial charge in [0.15, 0.2) is 5.82 Å². The van der Waals surface area contributed by atoms with Crippen molar-refractivity contribution in [2.45, 2.75) is 18.9 Å². The van der Waals surface area contributed by atoms with Crippen LogP contribution in [0.5, 0.6) is 0 Å². The number of hydrogen-bond acceptors (Lipinski definition) is 7. The number of pyridine rings is 1. The highest BCUT2D eigenvalue weighted by Crippen LogP contribution is 2.31. The molecule has 4 aromatic rings. The highest BCUT2D eigenvalue weighted by atomic mass is 32.1. The number of anilines is 1. The van der Waals surface area contributed by atoms with Gasteiger partial charge in [-0.15, -0.1) is 11.3 Å². The Hall–Kier alpha value is -2.90. The molecule has 0 bridgehead atoms. The van der Waals surface area contributed by atoms with Gasteiger partial charge in [-0.25, -0.2) is 15.0 Å². The Labute approximate surface area is 167 Å². The lowest BCUT2D eigenvalue weighted by molar-refractivity contribution is 0.507. The number of aromatic nitrogens is 4. The number of piperidine rings is 1. The molecule has 0 spiro atoms. The molecule has 1 saturated heterocycles. The minimum Gasteiger partial charge on any atom is -0.369 e. The van der Waals surface area contributed by atoms with Crippen LogP contribution in [-0.4, -0.2) is 39.1 Å². The third-order valence-electron chi connectivity index (χ3n) is 5.08. The molecule has 0 radical (unpaired) electrons. The molecular formula is C21H20N6S. The van der Waals surface area contributed by atoms with Crippen LogP contribution in [0.4, 0.5) is 5.69 Å². The van der Waals surface area contributed by atoms with Crippen molar-refractivity contribution in [3.63, 3.8) is 0 Å². The average Bonchev–Trinajstić information content (AvgIpc) is 3.28. The van der Waals surface area contributed by atoms with Crippen molar-refractivity contribution < 1.29 is 0 Å². The Balaban J connectivity index is 1.58. The zero-order chi connectivity index (χ0) is 18.9. The third-order valence-corrected chi connectivity index (χ3v) is 5.88.